The van der Waals surface area contributed by atoms with Crippen molar-refractivity contribution in [1.29, 1.82) is 0 Å². The van der Waals surface area contributed by atoms with Gasteiger partial charge in [0.2, 0.25) is 0 Å². The maximum atomic E-state index is 5.66. The van der Waals surface area contributed by atoms with Crippen molar-refractivity contribution >= 4 is 21.6 Å². The number of methoxy groups -OCH3 is 1. The lowest BCUT2D eigenvalue weighted by Crippen LogP contribution is -2.45. The molecule has 0 bridgehead atoms. The van der Waals surface area contributed by atoms with Gasteiger partial charge < -0.3 is 14.6 Å². The van der Waals surface area contributed by atoms with E-state index in [0.29, 0.717) is 17.9 Å². The van der Waals surface area contributed by atoms with Gasteiger partial charge >= 0.3 is 0 Å². The molecule has 2 aliphatic carbocycles. The average Bonchev–Trinajstić information content (AvgIpc) is 3.18. The van der Waals surface area contributed by atoms with Crippen LogP contribution in [0.1, 0.15) is 43.0 Å². The number of ether oxygens (including phenoxy) is 1. The van der Waals surface area contributed by atoms with Crippen LogP contribution in [0.4, 0.5) is 0 Å². The number of benzene rings is 2. The monoisotopic (exact) mass is 432 g/mol. The third kappa shape index (κ3) is 3.42. The fourth-order valence-corrected chi connectivity index (χ4v) is 5.46. The Balaban J connectivity index is 1.18. The Morgan fingerprint density at radius 1 is 1.16 bits per heavy atom. The quantitative estimate of drug-likeness (QED) is 0.447. The fraction of sp³-hybridized carbons (Fsp3) is 0.375. The van der Waals surface area contributed by atoms with Crippen molar-refractivity contribution in [3.8, 4) is 16.6 Å². The van der Waals surface area contributed by atoms with Crippen LogP contribution < -0.4 is 10.1 Å². The second-order valence-corrected chi connectivity index (χ2v) is 9.68. The zero-order chi connectivity index (χ0) is 20.8. The standard InChI is InChI=1S/C24H24N4O2S/c1-29-16-8-9-18-20(12-16)31-22(26-18)21-27-23(28-30-21)24(10-5-11-24)14-25-19-13-17(19)15-6-3-2-4-7-15/h2-4,6-9,12,17,19,25H,5,10-11,13-14H2,1H3/t17-,19?/m1/s1. The highest BCUT2D eigenvalue weighted by atomic mass is 32.1. The Morgan fingerprint density at radius 2 is 2.03 bits per heavy atom. The molecule has 31 heavy (non-hydrogen) atoms. The van der Waals surface area contributed by atoms with Gasteiger partial charge in [0.15, 0.2) is 10.8 Å². The molecule has 6 nitrogen and oxygen atoms in total. The lowest BCUT2D eigenvalue weighted by atomic mass is 9.68. The molecule has 2 atom stereocenters. The van der Waals surface area contributed by atoms with Crippen molar-refractivity contribution in [2.75, 3.05) is 13.7 Å². The summed E-state index contributed by atoms with van der Waals surface area (Å²) in [6.45, 7) is 0.900. The molecule has 0 amide bonds. The molecule has 7 heteroatoms. The van der Waals surface area contributed by atoms with Crippen molar-refractivity contribution in [1.82, 2.24) is 20.4 Å². The maximum Gasteiger partial charge on any atom is 0.286 e. The molecule has 4 aromatic rings. The van der Waals surface area contributed by atoms with E-state index in [1.807, 2.05) is 18.2 Å². The van der Waals surface area contributed by atoms with Gasteiger partial charge in [0.25, 0.3) is 5.89 Å². The van der Waals surface area contributed by atoms with E-state index in [2.05, 4.69) is 45.8 Å². The molecule has 2 heterocycles. The van der Waals surface area contributed by atoms with E-state index in [0.717, 1.165) is 46.2 Å². The Kier molecular flexibility index (Phi) is 4.54. The molecule has 1 unspecified atom stereocenters. The van der Waals surface area contributed by atoms with E-state index in [4.69, 9.17) is 14.2 Å². The first-order chi connectivity index (χ1) is 15.2. The van der Waals surface area contributed by atoms with Crippen LogP contribution >= 0.6 is 11.3 Å². The molecule has 0 radical (unpaired) electrons. The van der Waals surface area contributed by atoms with Crippen LogP contribution in [0.15, 0.2) is 53.1 Å². The second kappa shape index (κ2) is 7.43. The summed E-state index contributed by atoms with van der Waals surface area (Å²) in [5, 5.41) is 8.92. The molecule has 6 rings (SSSR count). The van der Waals surface area contributed by atoms with E-state index in [1.165, 1.54) is 18.4 Å². The number of hydrogen-bond donors (Lipinski definition) is 1. The first-order valence-corrected chi connectivity index (χ1v) is 11.6. The smallest absolute Gasteiger partial charge is 0.286 e. The van der Waals surface area contributed by atoms with Gasteiger partial charge in [0.05, 0.1) is 17.3 Å². The van der Waals surface area contributed by atoms with Crippen molar-refractivity contribution in [2.24, 2.45) is 0 Å². The molecular formula is C24H24N4O2S. The van der Waals surface area contributed by atoms with Gasteiger partial charge in [-0.1, -0.05) is 41.9 Å². The van der Waals surface area contributed by atoms with Crippen molar-refractivity contribution in [2.45, 2.75) is 43.1 Å². The summed E-state index contributed by atoms with van der Waals surface area (Å²) < 4.78 is 12.0. The van der Waals surface area contributed by atoms with Gasteiger partial charge in [-0.25, -0.2) is 4.98 Å². The lowest BCUT2D eigenvalue weighted by molar-refractivity contribution is 0.211. The third-order valence-electron chi connectivity index (χ3n) is 6.71. The minimum absolute atomic E-state index is 0.0223. The van der Waals surface area contributed by atoms with E-state index < -0.39 is 0 Å². The number of hydrogen-bond acceptors (Lipinski definition) is 7. The number of fused-ring (bicyclic) bond motifs is 1. The fourth-order valence-electron chi connectivity index (χ4n) is 4.55. The number of nitrogens with zero attached hydrogens (tertiary/aromatic N) is 3. The number of nitrogens with one attached hydrogen (secondary N) is 1. The molecule has 2 aromatic carbocycles. The highest BCUT2D eigenvalue weighted by molar-refractivity contribution is 7.21. The maximum absolute atomic E-state index is 5.66. The van der Waals surface area contributed by atoms with Gasteiger partial charge in [-0.3, -0.25) is 0 Å². The number of aromatic nitrogens is 3. The molecule has 2 saturated carbocycles. The second-order valence-electron chi connectivity index (χ2n) is 8.65. The summed E-state index contributed by atoms with van der Waals surface area (Å²) in [4.78, 5) is 9.46. The highest BCUT2D eigenvalue weighted by Crippen LogP contribution is 2.45. The molecule has 0 saturated heterocycles. The molecule has 158 valence electrons. The summed E-state index contributed by atoms with van der Waals surface area (Å²) >= 11 is 1.55. The van der Waals surface area contributed by atoms with Crippen LogP contribution in [0, 0.1) is 0 Å². The van der Waals surface area contributed by atoms with E-state index >= 15 is 0 Å². The van der Waals surface area contributed by atoms with E-state index in [1.54, 1.807) is 18.4 Å². The summed E-state index contributed by atoms with van der Waals surface area (Å²) in [7, 11) is 1.67. The summed E-state index contributed by atoms with van der Waals surface area (Å²) in [6, 6.07) is 17.2. The van der Waals surface area contributed by atoms with Gasteiger partial charge in [0.1, 0.15) is 5.75 Å². The van der Waals surface area contributed by atoms with Crippen LogP contribution in [-0.2, 0) is 5.41 Å². The Labute approximate surface area is 184 Å². The average molecular weight is 433 g/mol. The largest absolute Gasteiger partial charge is 0.497 e. The van der Waals surface area contributed by atoms with Gasteiger partial charge in [-0.15, -0.1) is 11.3 Å². The van der Waals surface area contributed by atoms with Crippen LogP contribution in [0.2, 0.25) is 0 Å². The van der Waals surface area contributed by atoms with Gasteiger partial charge in [0, 0.05) is 23.9 Å². The Morgan fingerprint density at radius 3 is 2.81 bits per heavy atom. The molecular weight excluding hydrogens is 408 g/mol. The third-order valence-corrected chi connectivity index (χ3v) is 7.72. The zero-order valence-electron chi connectivity index (χ0n) is 17.4. The topological polar surface area (TPSA) is 73.1 Å². The van der Waals surface area contributed by atoms with Crippen molar-refractivity contribution < 1.29 is 9.26 Å². The number of rotatable bonds is 7. The molecule has 2 aliphatic rings. The predicted octanol–water partition coefficient (Wildman–Crippen LogP) is 4.92. The minimum Gasteiger partial charge on any atom is -0.497 e. The van der Waals surface area contributed by atoms with Gasteiger partial charge in [-0.05, 0) is 43.0 Å². The van der Waals surface area contributed by atoms with Crippen LogP contribution in [-0.4, -0.2) is 34.8 Å². The summed E-state index contributed by atoms with van der Waals surface area (Å²) in [5.41, 5.74) is 2.32. The molecule has 2 fully saturated rings. The van der Waals surface area contributed by atoms with Crippen LogP contribution in [0.3, 0.4) is 0 Å². The first kappa shape index (κ1) is 19.0. The summed E-state index contributed by atoms with van der Waals surface area (Å²) in [5.74, 6) is 2.77. The molecule has 2 aromatic heterocycles. The number of thiazole rings is 1. The zero-order valence-corrected chi connectivity index (χ0v) is 18.2. The summed E-state index contributed by atoms with van der Waals surface area (Å²) in [6.07, 6.45) is 4.60. The Bertz CT molecular complexity index is 1210. The van der Waals surface area contributed by atoms with Crippen molar-refractivity contribution in [3.05, 3.63) is 59.9 Å². The first-order valence-electron chi connectivity index (χ1n) is 10.8. The van der Waals surface area contributed by atoms with E-state index in [9.17, 15) is 0 Å². The predicted molar refractivity (Wildman–Crippen MR) is 121 cm³/mol. The molecule has 0 aliphatic heterocycles. The molecule has 0 spiro atoms. The highest BCUT2D eigenvalue weighted by Gasteiger charge is 2.46. The SMILES string of the molecule is COc1ccc2nc(-c3nc(C4(CNC5C[C@@H]5c5ccccc5)CCC4)no3)sc2c1. The van der Waals surface area contributed by atoms with Crippen molar-refractivity contribution in [3.63, 3.8) is 0 Å². The minimum atomic E-state index is -0.0223. The van der Waals surface area contributed by atoms with Crippen LogP contribution in [0.5, 0.6) is 5.75 Å². The Hall–Kier alpha value is -2.77. The van der Waals surface area contributed by atoms with E-state index in [-0.39, 0.29) is 5.41 Å². The lowest BCUT2D eigenvalue weighted by Gasteiger charge is -2.39. The normalized spacial score (nSPS) is 21.7. The molecule has 1 N–H and O–H groups in total. The van der Waals surface area contributed by atoms with Gasteiger partial charge in [-0.2, -0.15) is 4.98 Å². The van der Waals surface area contributed by atoms with Crippen LogP contribution in [0.25, 0.3) is 21.1 Å².